The van der Waals surface area contributed by atoms with Gasteiger partial charge in [0.15, 0.2) is 0 Å². The van der Waals surface area contributed by atoms with Gasteiger partial charge in [-0.15, -0.1) is 0 Å². The lowest BCUT2D eigenvalue weighted by molar-refractivity contribution is -0.130. The van der Waals surface area contributed by atoms with Crippen LogP contribution >= 0.6 is 0 Å². The van der Waals surface area contributed by atoms with E-state index in [2.05, 4.69) is 41.9 Å². The Labute approximate surface area is 171 Å². The maximum atomic E-state index is 12.7. The average Bonchev–Trinajstić information content (AvgIpc) is 2.73. The standard InChI is InChI=1S/C24H24N4O/c1-17-12-18(2)23-21(13-17)24(20(15-25)16-26-23)28-10-8-27(9-11-28)22(29)14-19-6-4-3-5-7-19/h3-7,12-13,16H,8-11,14H2,1-2H3. The van der Waals surface area contributed by atoms with Crippen LogP contribution < -0.4 is 4.90 Å². The summed E-state index contributed by atoms with van der Waals surface area (Å²) >= 11 is 0. The Morgan fingerprint density at radius 2 is 1.83 bits per heavy atom. The molecule has 29 heavy (non-hydrogen) atoms. The van der Waals surface area contributed by atoms with Crippen molar-refractivity contribution in [2.24, 2.45) is 0 Å². The van der Waals surface area contributed by atoms with Crippen LogP contribution in [-0.4, -0.2) is 42.0 Å². The Kier molecular flexibility index (Phi) is 5.18. The van der Waals surface area contributed by atoms with Crippen molar-refractivity contribution in [3.8, 4) is 6.07 Å². The predicted octanol–water partition coefficient (Wildman–Crippen LogP) is 3.61. The van der Waals surface area contributed by atoms with E-state index in [9.17, 15) is 10.1 Å². The molecule has 5 heteroatoms. The van der Waals surface area contributed by atoms with Gasteiger partial charge in [-0.1, -0.05) is 42.0 Å². The molecule has 1 saturated heterocycles. The van der Waals surface area contributed by atoms with Crippen molar-refractivity contribution in [1.29, 1.82) is 5.26 Å². The second-order valence-electron chi connectivity index (χ2n) is 7.64. The zero-order valence-corrected chi connectivity index (χ0v) is 16.9. The Hall–Kier alpha value is -3.39. The fourth-order valence-corrected chi connectivity index (χ4v) is 4.13. The van der Waals surface area contributed by atoms with Crippen molar-refractivity contribution < 1.29 is 4.79 Å². The first kappa shape index (κ1) is 18.9. The normalized spacial score (nSPS) is 14.1. The maximum Gasteiger partial charge on any atom is 0.227 e. The molecule has 0 saturated carbocycles. The van der Waals surface area contributed by atoms with E-state index in [1.54, 1.807) is 6.20 Å². The molecule has 0 unspecified atom stereocenters. The summed E-state index contributed by atoms with van der Waals surface area (Å²) in [7, 11) is 0. The minimum Gasteiger partial charge on any atom is -0.366 e. The number of pyridine rings is 1. The van der Waals surface area contributed by atoms with Crippen molar-refractivity contribution in [3.05, 3.63) is 70.9 Å². The molecule has 1 aromatic heterocycles. The number of nitrogens with zero attached hydrogens (tertiary/aromatic N) is 4. The summed E-state index contributed by atoms with van der Waals surface area (Å²) in [5.41, 5.74) is 5.78. The van der Waals surface area contributed by atoms with E-state index in [0.29, 0.717) is 38.2 Å². The first-order valence-corrected chi connectivity index (χ1v) is 9.93. The van der Waals surface area contributed by atoms with E-state index in [1.807, 2.05) is 35.2 Å². The minimum atomic E-state index is 0.155. The molecular weight excluding hydrogens is 360 g/mol. The molecule has 0 aliphatic carbocycles. The van der Waals surface area contributed by atoms with Gasteiger partial charge in [0.25, 0.3) is 0 Å². The Bertz CT molecular complexity index is 1090. The molecule has 5 nitrogen and oxygen atoms in total. The van der Waals surface area contributed by atoms with Crippen LogP contribution in [0.15, 0.2) is 48.7 Å². The van der Waals surface area contributed by atoms with Crippen molar-refractivity contribution >= 4 is 22.5 Å². The second kappa shape index (κ2) is 7.92. The molecule has 146 valence electrons. The van der Waals surface area contributed by atoms with Crippen LogP contribution in [0.4, 0.5) is 5.69 Å². The highest BCUT2D eigenvalue weighted by Gasteiger charge is 2.24. The highest BCUT2D eigenvalue weighted by molar-refractivity contribution is 5.96. The van der Waals surface area contributed by atoms with Gasteiger partial charge < -0.3 is 9.80 Å². The number of piperazine rings is 1. The first-order chi connectivity index (χ1) is 14.1. The van der Waals surface area contributed by atoms with Gasteiger partial charge >= 0.3 is 0 Å². The number of hydrogen-bond acceptors (Lipinski definition) is 4. The molecule has 2 heterocycles. The number of carbonyl (C=O) groups is 1. The molecule has 2 aromatic carbocycles. The fourth-order valence-electron chi connectivity index (χ4n) is 4.13. The highest BCUT2D eigenvalue weighted by atomic mass is 16.2. The van der Waals surface area contributed by atoms with E-state index in [-0.39, 0.29) is 5.91 Å². The van der Waals surface area contributed by atoms with Crippen LogP contribution in [0.5, 0.6) is 0 Å². The molecule has 0 atom stereocenters. The van der Waals surface area contributed by atoms with Crippen molar-refractivity contribution in [2.75, 3.05) is 31.1 Å². The summed E-state index contributed by atoms with van der Waals surface area (Å²) in [4.78, 5) is 21.4. The van der Waals surface area contributed by atoms with E-state index in [1.165, 1.54) is 0 Å². The molecular formula is C24H24N4O. The van der Waals surface area contributed by atoms with Gasteiger partial charge in [0, 0.05) is 37.8 Å². The molecule has 1 fully saturated rings. The zero-order valence-electron chi connectivity index (χ0n) is 16.9. The van der Waals surface area contributed by atoms with Crippen LogP contribution in [0.3, 0.4) is 0 Å². The largest absolute Gasteiger partial charge is 0.366 e. The van der Waals surface area contributed by atoms with Crippen LogP contribution in [0.2, 0.25) is 0 Å². The second-order valence-corrected chi connectivity index (χ2v) is 7.64. The number of nitriles is 1. The molecule has 1 aliphatic rings. The van der Waals surface area contributed by atoms with Crippen molar-refractivity contribution in [1.82, 2.24) is 9.88 Å². The van der Waals surface area contributed by atoms with Gasteiger partial charge in [-0.05, 0) is 31.0 Å². The van der Waals surface area contributed by atoms with Gasteiger partial charge in [-0.2, -0.15) is 5.26 Å². The quantitative estimate of drug-likeness (QED) is 0.692. The molecule has 0 bridgehead atoms. The average molecular weight is 384 g/mol. The summed E-state index contributed by atoms with van der Waals surface area (Å²) in [5, 5.41) is 10.7. The number of fused-ring (bicyclic) bond motifs is 1. The molecule has 1 amide bonds. The molecule has 1 aliphatic heterocycles. The van der Waals surface area contributed by atoms with Gasteiger partial charge in [0.05, 0.1) is 23.2 Å². The number of benzene rings is 2. The highest BCUT2D eigenvalue weighted by Crippen LogP contribution is 2.32. The monoisotopic (exact) mass is 384 g/mol. The minimum absolute atomic E-state index is 0.155. The Morgan fingerprint density at radius 1 is 1.10 bits per heavy atom. The number of rotatable bonds is 3. The van der Waals surface area contributed by atoms with Gasteiger partial charge in [0.2, 0.25) is 5.91 Å². The van der Waals surface area contributed by atoms with Crippen molar-refractivity contribution in [2.45, 2.75) is 20.3 Å². The lowest BCUT2D eigenvalue weighted by Crippen LogP contribution is -2.49. The third-order valence-electron chi connectivity index (χ3n) is 5.55. The molecule has 0 spiro atoms. The first-order valence-electron chi connectivity index (χ1n) is 9.93. The smallest absolute Gasteiger partial charge is 0.227 e. The Morgan fingerprint density at radius 3 is 2.52 bits per heavy atom. The van der Waals surface area contributed by atoms with E-state index in [0.717, 1.165) is 33.3 Å². The van der Waals surface area contributed by atoms with Gasteiger partial charge in [-0.25, -0.2) is 0 Å². The summed E-state index contributed by atoms with van der Waals surface area (Å²) in [6.07, 6.45) is 2.10. The molecule has 3 aromatic rings. The third-order valence-corrected chi connectivity index (χ3v) is 5.55. The van der Waals surface area contributed by atoms with E-state index >= 15 is 0 Å². The molecule has 4 rings (SSSR count). The summed E-state index contributed by atoms with van der Waals surface area (Å²) in [6, 6.07) is 16.4. The van der Waals surface area contributed by atoms with Gasteiger partial charge in [-0.3, -0.25) is 9.78 Å². The van der Waals surface area contributed by atoms with Crippen LogP contribution in [0, 0.1) is 25.2 Å². The van der Waals surface area contributed by atoms with Crippen LogP contribution in [0.25, 0.3) is 10.9 Å². The number of carbonyl (C=O) groups excluding carboxylic acids is 1. The molecule has 0 radical (unpaired) electrons. The summed E-state index contributed by atoms with van der Waals surface area (Å²) < 4.78 is 0. The third kappa shape index (κ3) is 3.79. The van der Waals surface area contributed by atoms with E-state index in [4.69, 9.17) is 0 Å². The SMILES string of the molecule is Cc1cc(C)c2ncc(C#N)c(N3CCN(C(=O)Cc4ccccc4)CC3)c2c1. The molecule has 0 N–H and O–H groups in total. The Balaban J connectivity index is 1.56. The maximum absolute atomic E-state index is 12.7. The number of amides is 1. The van der Waals surface area contributed by atoms with E-state index < -0.39 is 0 Å². The number of aryl methyl sites for hydroxylation is 2. The summed E-state index contributed by atoms with van der Waals surface area (Å²) in [6.45, 7) is 6.85. The zero-order chi connectivity index (χ0) is 20.4. The topological polar surface area (TPSA) is 60.2 Å². The van der Waals surface area contributed by atoms with Crippen LogP contribution in [0.1, 0.15) is 22.3 Å². The predicted molar refractivity (Wildman–Crippen MR) is 115 cm³/mol. The van der Waals surface area contributed by atoms with Gasteiger partial charge in [0.1, 0.15) is 6.07 Å². The number of hydrogen-bond donors (Lipinski definition) is 0. The lowest BCUT2D eigenvalue weighted by Gasteiger charge is -2.37. The lowest BCUT2D eigenvalue weighted by atomic mass is 10.0. The fraction of sp³-hybridized carbons (Fsp3) is 0.292. The van der Waals surface area contributed by atoms with Crippen molar-refractivity contribution in [3.63, 3.8) is 0 Å². The number of anilines is 1. The van der Waals surface area contributed by atoms with Crippen LogP contribution in [-0.2, 0) is 11.2 Å². The number of aromatic nitrogens is 1. The summed E-state index contributed by atoms with van der Waals surface area (Å²) in [5.74, 6) is 0.155.